The van der Waals surface area contributed by atoms with Crippen molar-refractivity contribution >= 4 is 17.7 Å². The number of thioether (sulfide) groups is 1. The van der Waals surface area contributed by atoms with Crippen LogP contribution < -0.4 is 10.9 Å². The Hall–Kier alpha value is -2.90. The number of ether oxygens (including phenoxy) is 1. The SMILES string of the molecule is CCCCC(Sc1nc(COC)c(Cc2ccccc2)c(=O)n1C)C(=O)NCc1ccccc1. The number of carbonyl (C=O) groups excluding carboxylic acids is 1. The first-order chi connectivity index (χ1) is 16.5. The second-order valence-corrected chi connectivity index (χ2v) is 9.40. The summed E-state index contributed by atoms with van der Waals surface area (Å²) in [5.74, 6) is -0.0433. The van der Waals surface area contributed by atoms with E-state index in [1.807, 2.05) is 60.7 Å². The third-order valence-electron chi connectivity index (χ3n) is 5.60. The van der Waals surface area contributed by atoms with E-state index in [0.717, 1.165) is 24.0 Å². The Balaban J connectivity index is 1.84. The maximum Gasteiger partial charge on any atom is 0.257 e. The van der Waals surface area contributed by atoms with E-state index in [1.54, 1.807) is 18.7 Å². The van der Waals surface area contributed by atoms with Gasteiger partial charge in [0.15, 0.2) is 5.16 Å². The minimum atomic E-state index is -0.336. The fourth-order valence-corrected chi connectivity index (χ4v) is 4.80. The molecule has 2 aromatic carbocycles. The molecule has 34 heavy (non-hydrogen) atoms. The molecule has 0 spiro atoms. The van der Waals surface area contributed by atoms with Gasteiger partial charge in [-0.1, -0.05) is 92.2 Å². The fourth-order valence-electron chi connectivity index (χ4n) is 3.67. The van der Waals surface area contributed by atoms with Crippen LogP contribution in [-0.2, 0) is 36.2 Å². The summed E-state index contributed by atoms with van der Waals surface area (Å²) in [6.45, 7) is 2.82. The standard InChI is InChI=1S/C27H33N3O3S/c1-4-5-16-24(25(31)28-18-21-14-10-7-11-15-21)34-27-29-23(19-33-3)22(26(32)30(27)2)17-20-12-8-6-9-13-20/h6-15,24H,4-5,16-19H2,1-3H3,(H,28,31). The van der Waals surface area contributed by atoms with Crippen LogP contribution in [0.25, 0.3) is 0 Å². The molecule has 1 N–H and O–H groups in total. The van der Waals surface area contributed by atoms with Gasteiger partial charge in [0, 0.05) is 32.7 Å². The third kappa shape index (κ3) is 7.05. The van der Waals surface area contributed by atoms with Crippen LogP contribution in [0.2, 0.25) is 0 Å². The third-order valence-corrected chi connectivity index (χ3v) is 6.91. The lowest BCUT2D eigenvalue weighted by atomic mass is 10.0. The van der Waals surface area contributed by atoms with Crippen molar-refractivity contribution in [1.29, 1.82) is 0 Å². The molecule has 0 aliphatic rings. The van der Waals surface area contributed by atoms with Crippen molar-refractivity contribution in [3.63, 3.8) is 0 Å². The van der Waals surface area contributed by atoms with Crippen molar-refractivity contribution in [1.82, 2.24) is 14.9 Å². The Bertz CT molecular complexity index is 1120. The minimum Gasteiger partial charge on any atom is -0.378 e. The highest BCUT2D eigenvalue weighted by Gasteiger charge is 2.23. The number of hydrogen-bond acceptors (Lipinski definition) is 5. The lowest BCUT2D eigenvalue weighted by Crippen LogP contribution is -2.34. The molecule has 1 unspecified atom stereocenters. The van der Waals surface area contributed by atoms with Gasteiger partial charge >= 0.3 is 0 Å². The van der Waals surface area contributed by atoms with E-state index >= 15 is 0 Å². The smallest absolute Gasteiger partial charge is 0.257 e. The minimum absolute atomic E-state index is 0.0433. The van der Waals surface area contributed by atoms with Gasteiger partial charge in [-0.15, -0.1) is 0 Å². The predicted molar refractivity (Wildman–Crippen MR) is 137 cm³/mol. The molecule has 0 radical (unpaired) electrons. The van der Waals surface area contributed by atoms with Crippen LogP contribution in [0.1, 0.15) is 48.6 Å². The zero-order valence-electron chi connectivity index (χ0n) is 20.1. The van der Waals surface area contributed by atoms with E-state index in [-0.39, 0.29) is 23.3 Å². The molecule has 0 aliphatic heterocycles. The van der Waals surface area contributed by atoms with E-state index in [4.69, 9.17) is 9.72 Å². The maximum absolute atomic E-state index is 13.3. The van der Waals surface area contributed by atoms with E-state index < -0.39 is 0 Å². The van der Waals surface area contributed by atoms with Gasteiger partial charge in [0.2, 0.25) is 5.91 Å². The number of rotatable bonds is 12. The van der Waals surface area contributed by atoms with Gasteiger partial charge in [-0.2, -0.15) is 0 Å². The van der Waals surface area contributed by atoms with Crippen LogP contribution in [0.3, 0.4) is 0 Å². The highest BCUT2D eigenvalue weighted by Crippen LogP contribution is 2.26. The summed E-state index contributed by atoms with van der Waals surface area (Å²) in [5.41, 5.74) is 3.23. The van der Waals surface area contributed by atoms with Crippen LogP contribution in [0, 0.1) is 0 Å². The molecular formula is C27H33N3O3S. The second kappa shape index (κ2) is 13.1. The Morgan fingerprint density at radius 3 is 2.35 bits per heavy atom. The second-order valence-electron chi connectivity index (χ2n) is 8.23. The van der Waals surface area contributed by atoms with Gasteiger partial charge < -0.3 is 10.1 Å². The first kappa shape index (κ1) is 25.7. The van der Waals surface area contributed by atoms with Gasteiger partial charge in [0.05, 0.1) is 17.6 Å². The molecule has 3 aromatic rings. The fraction of sp³-hybridized carbons (Fsp3) is 0.370. The number of nitrogens with zero attached hydrogens (tertiary/aromatic N) is 2. The number of benzene rings is 2. The van der Waals surface area contributed by atoms with E-state index in [2.05, 4.69) is 12.2 Å². The first-order valence-corrected chi connectivity index (χ1v) is 12.5. The number of carbonyl (C=O) groups is 1. The molecule has 0 fully saturated rings. The monoisotopic (exact) mass is 479 g/mol. The molecule has 1 aromatic heterocycles. The maximum atomic E-state index is 13.3. The number of aromatic nitrogens is 2. The van der Waals surface area contributed by atoms with Gasteiger partial charge in [0.25, 0.3) is 5.56 Å². The number of unbranched alkanes of at least 4 members (excludes halogenated alkanes) is 1. The van der Waals surface area contributed by atoms with E-state index in [0.29, 0.717) is 35.8 Å². The lowest BCUT2D eigenvalue weighted by Gasteiger charge is -2.19. The molecule has 0 saturated carbocycles. The highest BCUT2D eigenvalue weighted by atomic mass is 32.2. The Labute approximate surface area is 205 Å². The van der Waals surface area contributed by atoms with Gasteiger partial charge in [0.1, 0.15) is 0 Å². The molecule has 0 saturated heterocycles. The van der Waals surface area contributed by atoms with Crippen molar-refractivity contribution in [3.8, 4) is 0 Å². The number of methoxy groups -OCH3 is 1. The number of amides is 1. The summed E-state index contributed by atoms with van der Waals surface area (Å²) in [7, 11) is 3.32. The summed E-state index contributed by atoms with van der Waals surface area (Å²) in [5, 5.41) is 3.24. The van der Waals surface area contributed by atoms with Crippen molar-refractivity contribution in [2.75, 3.05) is 7.11 Å². The molecule has 0 bridgehead atoms. The average molecular weight is 480 g/mol. The van der Waals surface area contributed by atoms with Gasteiger partial charge in [-0.25, -0.2) is 4.98 Å². The molecule has 3 rings (SSSR count). The Morgan fingerprint density at radius 2 is 1.74 bits per heavy atom. The quantitative estimate of drug-likeness (QED) is 0.306. The van der Waals surface area contributed by atoms with Crippen LogP contribution in [0.5, 0.6) is 0 Å². The highest BCUT2D eigenvalue weighted by molar-refractivity contribution is 8.00. The predicted octanol–water partition coefficient (Wildman–Crippen LogP) is 4.48. The molecular weight excluding hydrogens is 446 g/mol. The molecule has 180 valence electrons. The summed E-state index contributed by atoms with van der Waals surface area (Å²) in [6.07, 6.45) is 3.10. The molecule has 1 heterocycles. The topological polar surface area (TPSA) is 73.2 Å². The lowest BCUT2D eigenvalue weighted by molar-refractivity contribution is -0.120. The largest absolute Gasteiger partial charge is 0.378 e. The zero-order valence-corrected chi connectivity index (χ0v) is 20.9. The van der Waals surface area contributed by atoms with Crippen molar-refractivity contribution < 1.29 is 9.53 Å². The van der Waals surface area contributed by atoms with E-state index in [1.165, 1.54) is 11.8 Å². The Kier molecular flexibility index (Phi) is 9.91. The van der Waals surface area contributed by atoms with Crippen molar-refractivity contribution in [2.45, 2.75) is 56.2 Å². The van der Waals surface area contributed by atoms with Crippen LogP contribution in [-0.4, -0.2) is 27.8 Å². The summed E-state index contributed by atoms with van der Waals surface area (Å²) in [6, 6.07) is 19.7. The zero-order chi connectivity index (χ0) is 24.3. The first-order valence-electron chi connectivity index (χ1n) is 11.6. The average Bonchev–Trinajstić information content (AvgIpc) is 2.86. The Morgan fingerprint density at radius 1 is 1.09 bits per heavy atom. The molecule has 6 nitrogen and oxygen atoms in total. The molecule has 7 heteroatoms. The van der Waals surface area contributed by atoms with Gasteiger partial charge in [-0.3, -0.25) is 14.2 Å². The molecule has 0 aliphatic carbocycles. The van der Waals surface area contributed by atoms with Crippen LogP contribution in [0.4, 0.5) is 0 Å². The van der Waals surface area contributed by atoms with Gasteiger partial charge in [-0.05, 0) is 17.5 Å². The summed E-state index contributed by atoms with van der Waals surface area (Å²) >= 11 is 1.35. The van der Waals surface area contributed by atoms with Crippen molar-refractivity contribution in [2.24, 2.45) is 7.05 Å². The summed E-state index contributed by atoms with van der Waals surface area (Å²) < 4.78 is 6.92. The molecule has 1 amide bonds. The van der Waals surface area contributed by atoms with Crippen molar-refractivity contribution in [3.05, 3.63) is 93.4 Å². The normalized spacial score (nSPS) is 11.9. The number of nitrogens with one attached hydrogen (secondary N) is 1. The van der Waals surface area contributed by atoms with Crippen LogP contribution >= 0.6 is 11.8 Å². The summed E-state index contributed by atoms with van der Waals surface area (Å²) in [4.78, 5) is 31.2. The van der Waals surface area contributed by atoms with Crippen LogP contribution in [0.15, 0.2) is 70.6 Å². The van der Waals surface area contributed by atoms with E-state index in [9.17, 15) is 9.59 Å². The molecule has 1 atom stereocenters. The number of hydrogen-bond donors (Lipinski definition) is 1.